The molecular formula is C54H53N3O12S. The summed E-state index contributed by atoms with van der Waals surface area (Å²) < 4.78 is 40.2. The van der Waals surface area contributed by atoms with Gasteiger partial charge in [0.2, 0.25) is 5.13 Å². The molecule has 0 radical (unpaired) electrons. The number of thiazole rings is 1. The number of nitrogens with zero attached hydrogens (tertiary/aromatic N) is 3. The van der Waals surface area contributed by atoms with Crippen LogP contribution < -0.4 is 19.2 Å². The number of aromatic nitrogens is 1. The minimum absolute atomic E-state index is 0.0454. The molecule has 6 aromatic rings. The van der Waals surface area contributed by atoms with Crippen LogP contribution >= 0.6 is 11.3 Å². The highest BCUT2D eigenvalue weighted by atomic mass is 32.1. The molecule has 0 aliphatic heterocycles. The second-order valence-corrected chi connectivity index (χ2v) is 17.9. The van der Waals surface area contributed by atoms with Crippen molar-refractivity contribution < 1.29 is 57.1 Å². The molecule has 6 rings (SSSR count). The number of anilines is 1. The SMILES string of the molecule is C=CC(=O)OCC(COc1ccc(C(=O)Oc2ccc(CCOC(=O)c3ccc(OC(C)(C)CC(C)(C)OC(=O)C=C)cc3)cc2/C=N/N(C)c2nc3c(ccc4ccccc43)s2)cc1)OC(=O)C=C. The molecular weight excluding hydrogens is 915 g/mol. The van der Waals surface area contributed by atoms with Gasteiger partial charge in [-0.1, -0.05) is 67.5 Å². The Morgan fingerprint density at radius 3 is 2.11 bits per heavy atom. The fourth-order valence-corrected chi connectivity index (χ4v) is 8.17. The molecule has 1 aromatic heterocycles. The molecule has 0 spiro atoms. The Morgan fingerprint density at radius 1 is 0.743 bits per heavy atom. The molecule has 15 nitrogen and oxygen atoms in total. The van der Waals surface area contributed by atoms with Crippen molar-refractivity contribution in [2.75, 3.05) is 31.9 Å². The number of fused-ring (bicyclic) bond motifs is 3. The molecule has 0 N–H and O–H groups in total. The van der Waals surface area contributed by atoms with Crippen LogP contribution in [-0.4, -0.2) is 85.2 Å². The summed E-state index contributed by atoms with van der Waals surface area (Å²) in [4.78, 5) is 66.8. The summed E-state index contributed by atoms with van der Waals surface area (Å²) in [6.45, 7) is 17.2. The molecule has 5 aromatic carbocycles. The smallest absolute Gasteiger partial charge is 0.343 e. The van der Waals surface area contributed by atoms with Crippen LogP contribution in [0.15, 0.2) is 146 Å². The highest BCUT2D eigenvalue weighted by Crippen LogP contribution is 2.34. The number of carbonyl (C=O) groups is 5. The first-order chi connectivity index (χ1) is 33.4. The molecule has 0 aliphatic rings. The van der Waals surface area contributed by atoms with Gasteiger partial charge in [-0.3, -0.25) is 0 Å². The van der Waals surface area contributed by atoms with Gasteiger partial charge >= 0.3 is 29.8 Å². The first-order valence-electron chi connectivity index (χ1n) is 22.0. The summed E-state index contributed by atoms with van der Waals surface area (Å²) in [6.07, 6.45) is 4.43. The van der Waals surface area contributed by atoms with E-state index in [9.17, 15) is 24.0 Å². The van der Waals surface area contributed by atoms with Crippen molar-refractivity contribution in [1.82, 2.24) is 4.98 Å². The molecule has 16 heteroatoms. The Balaban J connectivity index is 1.13. The van der Waals surface area contributed by atoms with E-state index in [1.54, 1.807) is 86.7 Å². The van der Waals surface area contributed by atoms with E-state index in [1.165, 1.54) is 23.5 Å². The number of esters is 5. The van der Waals surface area contributed by atoms with Crippen LogP contribution in [-0.2, 0) is 39.8 Å². The van der Waals surface area contributed by atoms with Crippen molar-refractivity contribution in [3.8, 4) is 17.2 Å². The third-order valence-electron chi connectivity index (χ3n) is 10.3. The minimum atomic E-state index is -0.942. The van der Waals surface area contributed by atoms with Crippen molar-refractivity contribution >= 4 is 73.5 Å². The number of hydrogen-bond donors (Lipinski definition) is 0. The fourth-order valence-electron chi connectivity index (χ4n) is 7.27. The molecule has 0 saturated heterocycles. The predicted molar refractivity (Wildman–Crippen MR) is 268 cm³/mol. The molecule has 0 aliphatic carbocycles. The Hall–Kier alpha value is -8.11. The van der Waals surface area contributed by atoms with Gasteiger partial charge in [0.1, 0.15) is 41.7 Å². The lowest BCUT2D eigenvalue weighted by atomic mass is 9.92. The zero-order valence-electron chi connectivity index (χ0n) is 39.5. The average Bonchev–Trinajstić information content (AvgIpc) is 3.79. The summed E-state index contributed by atoms with van der Waals surface area (Å²) in [7, 11) is 1.78. The van der Waals surface area contributed by atoms with E-state index in [-0.39, 0.29) is 31.1 Å². The van der Waals surface area contributed by atoms with Gasteiger partial charge in [0.05, 0.1) is 34.2 Å². The highest BCUT2D eigenvalue weighted by Gasteiger charge is 2.33. The third-order valence-corrected chi connectivity index (χ3v) is 11.3. The van der Waals surface area contributed by atoms with Gasteiger partial charge in [-0.25, -0.2) is 34.0 Å². The first-order valence-corrected chi connectivity index (χ1v) is 22.8. The van der Waals surface area contributed by atoms with Crippen LogP contribution in [0.2, 0.25) is 0 Å². The van der Waals surface area contributed by atoms with Gasteiger partial charge in [0.25, 0.3) is 0 Å². The van der Waals surface area contributed by atoms with Gasteiger partial charge in [-0.2, -0.15) is 5.10 Å². The maximum atomic E-state index is 13.6. The van der Waals surface area contributed by atoms with Crippen LogP contribution in [0.1, 0.15) is 66.0 Å². The number of ether oxygens (including phenoxy) is 7. The molecule has 1 heterocycles. The third kappa shape index (κ3) is 14.5. The topological polar surface area (TPSA) is 178 Å². The fraction of sp³-hybridized carbons (Fsp3) is 0.241. The summed E-state index contributed by atoms with van der Waals surface area (Å²) in [5, 5.41) is 9.09. The zero-order valence-corrected chi connectivity index (χ0v) is 40.3. The highest BCUT2D eigenvalue weighted by molar-refractivity contribution is 7.22. The van der Waals surface area contributed by atoms with Crippen molar-refractivity contribution in [3.05, 3.63) is 163 Å². The van der Waals surface area contributed by atoms with E-state index >= 15 is 0 Å². The molecule has 0 amide bonds. The largest absolute Gasteiger partial charge is 0.490 e. The van der Waals surface area contributed by atoms with E-state index in [2.05, 4.69) is 30.9 Å². The lowest BCUT2D eigenvalue weighted by molar-refractivity contribution is -0.154. The van der Waals surface area contributed by atoms with Crippen LogP contribution in [0.25, 0.3) is 21.0 Å². The quantitative estimate of drug-likeness (QED) is 0.0148. The van der Waals surface area contributed by atoms with E-state index in [1.807, 2.05) is 44.2 Å². The Labute approximate surface area is 409 Å². The summed E-state index contributed by atoms with van der Waals surface area (Å²) in [5.41, 5.74) is 1.12. The zero-order chi connectivity index (χ0) is 50.4. The molecule has 362 valence electrons. The molecule has 70 heavy (non-hydrogen) atoms. The lowest BCUT2D eigenvalue weighted by Crippen LogP contribution is -2.40. The molecule has 1 atom stereocenters. The number of rotatable bonds is 23. The van der Waals surface area contributed by atoms with Crippen molar-refractivity contribution in [3.63, 3.8) is 0 Å². The standard InChI is InChI=1S/C54H53N3O12S/c1-9-46(58)65-33-42(66-47(59)10-2)32-64-40-22-17-38(18-23-40)51(62)67-44-26-16-35(30-39(44)31-55-57(8)52-56-49-43-15-13-12-14-36(43)21-27-45(49)70-52)28-29-63-50(61)37-19-24-41(25-20-37)68-53(4,5)34-54(6,7)69-48(60)11-3/h9-27,30-31,42H,1-3,28-29,32-34H2,4-8H3/b55-31+. The van der Waals surface area contributed by atoms with E-state index < -0.39 is 47.2 Å². The van der Waals surface area contributed by atoms with E-state index in [4.69, 9.17) is 38.1 Å². The maximum Gasteiger partial charge on any atom is 0.343 e. The van der Waals surface area contributed by atoms with Gasteiger partial charge in [0, 0.05) is 49.1 Å². The number of hydrazone groups is 1. The van der Waals surface area contributed by atoms with Crippen LogP contribution in [0.5, 0.6) is 17.2 Å². The maximum absolute atomic E-state index is 13.6. The minimum Gasteiger partial charge on any atom is -0.490 e. The second kappa shape index (κ2) is 23.3. The predicted octanol–water partition coefficient (Wildman–Crippen LogP) is 9.80. The number of hydrogen-bond acceptors (Lipinski definition) is 16. The lowest BCUT2D eigenvalue weighted by Gasteiger charge is -2.34. The molecule has 0 bridgehead atoms. The van der Waals surface area contributed by atoms with Crippen molar-refractivity contribution in [2.45, 2.75) is 57.8 Å². The van der Waals surface area contributed by atoms with Gasteiger partial charge in [0.15, 0.2) is 6.10 Å². The Bertz CT molecular complexity index is 2920. The van der Waals surface area contributed by atoms with Crippen molar-refractivity contribution in [1.29, 1.82) is 0 Å². The summed E-state index contributed by atoms with van der Waals surface area (Å²) >= 11 is 1.49. The molecule has 1 unspecified atom stereocenters. The summed E-state index contributed by atoms with van der Waals surface area (Å²) in [5.74, 6) is -2.05. The number of carbonyl (C=O) groups excluding carboxylic acids is 5. The van der Waals surface area contributed by atoms with Crippen LogP contribution in [0.3, 0.4) is 0 Å². The van der Waals surface area contributed by atoms with Gasteiger partial charge < -0.3 is 33.2 Å². The van der Waals surface area contributed by atoms with Gasteiger partial charge in [-0.05, 0) is 105 Å². The molecule has 0 fully saturated rings. The normalized spacial score (nSPS) is 11.8. The van der Waals surface area contributed by atoms with Crippen molar-refractivity contribution in [2.24, 2.45) is 5.10 Å². The van der Waals surface area contributed by atoms with Gasteiger partial charge in [-0.15, -0.1) is 0 Å². The van der Waals surface area contributed by atoms with E-state index in [0.717, 1.165) is 44.8 Å². The Morgan fingerprint density at radius 2 is 1.41 bits per heavy atom. The number of benzene rings is 5. The monoisotopic (exact) mass is 967 g/mol. The second-order valence-electron chi connectivity index (χ2n) is 16.9. The first kappa shape index (κ1) is 51.3. The summed E-state index contributed by atoms with van der Waals surface area (Å²) in [6, 6.07) is 30.0. The van der Waals surface area contributed by atoms with Crippen LogP contribution in [0, 0.1) is 0 Å². The Kier molecular flexibility index (Phi) is 17.0. The molecule has 0 saturated carbocycles. The van der Waals surface area contributed by atoms with Crippen LogP contribution in [0.4, 0.5) is 5.13 Å². The van der Waals surface area contributed by atoms with E-state index in [0.29, 0.717) is 40.6 Å². The average molecular weight is 968 g/mol.